The molecule has 1 fully saturated rings. The van der Waals surface area contributed by atoms with Gasteiger partial charge >= 0.3 is 6.09 Å². The normalized spacial score (nSPS) is 20.9. The summed E-state index contributed by atoms with van der Waals surface area (Å²) in [7, 11) is 2.82. The Bertz CT molecular complexity index is 522. The molecule has 1 aliphatic rings. The summed E-state index contributed by atoms with van der Waals surface area (Å²) in [5.41, 5.74) is 1.01. The van der Waals surface area contributed by atoms with Gasteiger partial charge in [0.05, 0.1) is 26.4 Å². The lowest BCUT2D eigenvalue weighted by molar-refractivity contribution is -0.173. The third-order valence-corrected chi connectivity index (χ3v) is 3.71. The van der Waals surface area contributed by atoms with E-state index in [-0.39, 0.29) is 12.6 Å². The molecule has 120 valence electrons. The minimum atomic E-state index is -1.13. The molecule has 1 saturated heterocycles. The van der Waals surface area contributed by atoms with Gasteiger partial charge in [-0.1, -0.05) is 30.3 Å². The fraction of sp³-hybridized carbons (Fsp3) is 0.467. The van der Waals surface area contributed by atoms with E-state index in [1.54, 1.807) is 0 Å². The molecule has 1 N–H and O–H groups in total. The predicted octanol–water partition coefficient (Wildman–Crippen LogP) is 1.34. The van der Waals surface area contributed by atoms with Gasteiger partial charge in [-0.2, -0.15) is 0 Å². The number of likely N-dealkylation sites (tertiary alicyclic amines) is 1. The third kappa shape index (κ3) is 3.75. The maximum atomic E-state index is 12.2. The van der Waals surface area contributed by atoms with E-state index in [1.165, 1.54) is 14.2 Å². The molecule has 0 aliphatic carbocycles. The van der Waals surface area contributed by atoms with E-state index in [0.29, 0.717) is 13.0 Å². The van der Waals surface area contributed by atoms with Gasteiger partial charge in [0.1, 0.15) is 6.04 Å². The highest BCUT2D eigenvalue weighted by Crippen LogP contribution is 2.23. The van der Waals surface area contributed by atoms with Gasteiger partial charge in [-0.3, -0.25) is 14.5 Å². The van der Waals surface area contributed by atoms with Crippen LogP contribution in [0.3, 0.4) is 0 Å². The van der Waals surface area contributed by atoms with Crippen molar-refractivity contribution >= 4 is 12.0 Å². The molecule has 2 atom stereocenters. The van der Waals surface area contributed by atoms with Gasteiger partial charge in [-0.25, -0.2) is 9.86 Å². The van der Waals surface area contributed by atoms with Crippen LogP contribution in [0.2, 0.25) is 0 Å². The minimum absolute atomic E-state index is 0.177. The van der Waals surface area contributed by atoms with E-state index in [4.69, 9.17) is 9.57 Å². The molecule has 1 heterocycles. The number of nitrogens with zero attached hydrogens (tertiary/aromatic N) is 2. The average Bonchev–Trinajstić information content (AvgIpc) is 2.97. The zero-order valence-electron chi connectivity index (χ0n) is 12.6. The molecule has 0 saturated carbocycles. The molecule has 0 spiro atoms. The Morgan fingerprint density at radius 2 is 2.05 bits per heavy atom. The Morgan fingerprint density at radius 1 is 1.36 bits per heavy atom. The van der Waals surface area contributed by atoms with Gasteiger partial charge < -0.3 is 9.84 Å². The van der Waals surface area contributed by atoms with E-state index >= 15 is 0 Å². The number of ether oxygens (including phenoxy) is 1. The number of rotatable bonds is 5. The molecule has 0 radical (unpaired) electrons. The number of carboxylic acid groups (broad SMARTS) is 1. The van der Waals surface area contributed by atoms with Gasteiger partial charge in [-0.15, -0.1) is 0 Å². The zero-order valence-corrected chi connectivity index (χ0v) is 12.6. The maximum Gasteiger partial charge on any atom is 0.408 e. The summed E-state index contributed by atoms with van der Waals surface area (Å²) in [5, 5.41) is 10.3. The van der Waals surface area contributed by atoms with Crippen LogP contribution in [0, 0.1) is 0 Å². The highest BCUT2D eigenvalue weighted by Gasteiger charge is 2.41. The molecule has 0 aromatic heterocycles. The number of hydrogen-bond donors (Lipinski definition) is 1. The Balaban J connectivity index is 1.98. The minimum Gasteiger partial charge on any atom is -0.465 e. The lowest BCUT2D eigenvalue weighted by Crippen LogP contribution is -2.45. The Labute approximate surface area is 129 Å². The van der Waals surface area contributed by atoms with Gasteiger partial charge in [0, 0.05) is 13.5 Å². The summed E-state index contributed by atoms with van der Waals surface area (Å²) in [4.78, 5) is 29.4. The second kappa shape index (κ2) is 7.24. The Morgan fingerprint density at radius 3 is 2.64 bits per heavy atom. The Hall–Kier alpha value is -2.12. The third-order valence-electron chi connectivity index (χ3n) is 3.71. The number of carbonyl (C=O) groups is 2. The first-order chi connectivity index (χ1) is 10.5. The number of benzene rings is 1. The van der Waals surface area contributed by atoms with E-state index < -0.39 is 18.0 Å². The van der Waals surface area contributed by atoms with Crippen LogP contribution in [0.1, 0.15) is 12.0 Å². The quantitative estimate of drug-likeness (QED) is 0.831. The highest BCUT2D eigenvalue weighted by molar-refractivity contribution is 5.85. The number of hydroxylamine groups is 2. The summed E-state index contributed by atoms with van der Waals surface area (Å²) >= 11 is 0. The van der Waals surface area contributed by atoms with Crippen molar-refractivity contribution in [3.05, 3.63) is 35.9 Å². The van der Waals surface area contributed by atoms with Crippen LogP contribution in [0.5, 0.6) is 0 Å². The summed E-state index contributed by atoms with van der Waals surface area (Å²) in [6.07, 6.45) is -1.12. The number of hydrogen-bond acceptors (Lipinski definition) is 4. The van der Waals surface area contributed by atoms with Gasteiger partial charge in [0.15, 0.2) is 0 Å². The summed E-state index contributed by atoms with van der Waals surface area (Å²) in [5.74, 6) is -0.393. The summed E-state index contributed by atoms with van der Waals surface area (Å²) in [6, 6.07) is 8.84. The molecule has 2 rings (SSSR count). The van der Waals surface area contributed by atoms with Crippen molar-refractivity contribution in [2.45, 2.75) is 25.2 Å². The lowest BCUT2D eigenvalue weighted by Gasteiger charge is -2.23. The fourth-order valence-corrected chi connectivity index (χ4v) is 2.45. The summed E-state index contributed by atoms with van der Waals surface area (Å²) < 4.78 is 5.75. The average molecular weight is 308 g/mol. The lowest BCUT2D eigenvalue weighted by atomic mass is 10.2. The molecule has 7 heteroatoms. The topological polar surface area (TPSA) is 79.3 Å². The van der Waals surface area contributed by atoms with Crippen molar-refractivity contribution in [2.75, 3.05) is 20.7 Å². The number of likely N-dealkylation sites (N-methyl/N-ethyl adjacent to an activating group) is 1. The van der Waals surface area contributed by atoms with E-state index in [0.717, 1.165) is 15.5 Å². The van der Waals surface area contributed by atoms with Crippen LogP contribution < -0.4 is 0 Å². The van der Waals surface area contributed by atoms with Gasteiger partial charge in [-0.05, 0) is 5.56 Å². The monoisotopic (exact) mass is 308 g/mol. The predicted molar refractivity (Wildman–Crippen MR) is 77.9 cm³/mol. The summed E-state index contributed by atoms with van der Waals surface area (Å²) in [6.45, 7) is 0.566. The molecule has 2 amide bonds. The van der Waals surface area contributed by atoms with E-state index in [9.17, 15) is 14.7 Å². The molecule has 7 nitrogen and oxygen atoms in total. The van der Waals surface area contributed by atoms with Crippen molar-refractivity contribution in [3.8, 4) is 0 Å². The first-order valence-corrected chi connectivity index (χ1v) is 6.99. The van der Waals surface area contributed by atoms with Crippen LogP contribution in [-0.4, -0.2) is 59.9 Å². The van der Waals surface area contributed by atoms with Crippen LogP contribution in [0.25, 0.3) is 0 Å². The zero-order chi connectivity index (χ0) is 16.1. The molecule has 22 heavy (non-hydrogen) atoms. The largest absolute Gasteiger partial charge is 0.465 e. The van der Waals surface area contributed by atoms with Crippen molar-refractivity contribution < 1.29 is 24.3 Å². The van der Waals surface area contributed by atoms with E-state index in [1.807, 2.05) is 30.3 Å². The standard InChI is InChI=1S/C15H20N2O5/c1-16(21-2)14(18)13-8-12(9-17(13)15(19)20)22-10-11-6-4-3-5-7-11/h3-7,12-13H,8-10H2,1-2H3,(H,19,20)/t12-,13-/m0/s1. The SMILES string of the molecule is CON(C)C(=O)[C@@H]1C[C@H](OCc2ccccc2)CN1C(=O)O. The Kier molecular flexibility index (Phi) is 5.35. The smallest absolute Gasteiger partial charge is 0.408 e. The first-order valence-electron chi connectivity index (χ1n) is 6.99. The fourth-order valence-electron chi connectivity index (χ4n) is 2.45. The van der Waals surface area contributed by atoms with Crippen molar-refractivity contribution in [2.24, 2.45) is 0 Å². The van der Waals surface area contributed by atoms with Crippen LogP contribution in [0.4, 0.5) is 4.79 Å². The number of carbonyl (C=O) groups excluding carboxylic acids is 1. The van der Waals surface area contributed by atoms with Gasteiger partial charge in [0.25, 0.3) is 5.91 Å². The van der Waals surface area contributed by atoms with Crippen LogP contribution in [0.15, 0.2) is 30.3 Å². The molecule has 1 aromatic rings. The van der Waals surface area contributed by atoms with Gasteiger partial charge in [0.2, 0.25) is 0 Å². The molecular weight excluding hydrogens is 288 g/mol. The van der Waals surface area contributed by atoms with E-state index in [2.05, 4.69) is 0 Å². The van der Waals surface area contributed by atoms with Crippen LogP contribution >= 0.6 is 0 Å². The number of amides is 2. The highest BCUT2D eigenvalue weighted by atomic mass is 16.7. The first kappa shape index (κ1) is 16.3. The molecule has 1 aliphatic heterocycles. The molecule has 1 aromatic carbocycles. The van der Waals surface area contributed by atoms with Crippen molar-refractivity contribution in [1.82, 2.24) is 9.96 Å². The molecule has 0 unspecified atom stereocenters. The second-order valence-corrected chi connectivity index (χ2v) is 5.12. The second-order valence-electron chi connectivity index (χ2n) is 5.12. The van der Waals surface area contributed by atoms with Crippen LogP contribution in [-0.2, 0) is 21.0 Å². The maximum absolute atomic E-state index is 12.2. The molecular formula is C15H20N2O5. The van der Waals surface area contributed by atoms with Crippen molar-refractivity contribution in [3.63, 3.8) is 0 Å². The van der Waals surface area contributed by atoms with Crippen molar-refractivity contribution in [1.29, 1.82) is 0 Å². The molecule has 0 bridgehead atoms.